The summed E-state index contributed by atoms with van der Waals surface area (Å²) in [4.78, 5) is 48.7. The highest BCUT2D eigenvalue weighted by atomic mass is 16.5. The van der Waals surface area contributed by atoms with Gasteiger partial charge in [-0.3, -0.25) is 19.2 Å². The van der Waals surface area contributed by atoms with Gasteiger partial charge in [0.05, 0.1) is 16.8 Å². The second-order valence-corrected chi connectivity index (χ2v) is 5.35. The average molecular weight is 323 g/mol. The number of nitrogens with zero attached hydrogens (tertiary/aromatic N) is 1. The lowest BCUT2D eigenvalue weighted by Crippen LogP contribution is -2.29. The second-order valence-electron chi connectivity index (χ2n) is 5.35. The summed E-state index contributed by atoms with van der Waals surface area (Å²) in [5, 5.41) is 0. The van der Waals surface area contributed by atoms with Crippen LogP contribution in [-0.2, 0) is 4.79 Å². The van der Waals surface area contributed by atoms with Gasteiger partial charge in [-0.05, 0) is 31.2 Å². The largest absolute Gasteiger partial charge is 0.427 e. The van der Waals surface area contributed by atoms with E-state index in [9.17, 15) is 19.2 Å². The molecule has 120 valence electrons. The summed E-state index contributed by atoms with van der Waals surface area (Å²) in [5.74, 6) is -1.45. The number of Topliss-reactive ketones (excluding diaryl/α,β-unsaturated/α-hetero) is 1. The molecule has 0 atom stereocenters. The molecule has 1 aliphatic rings. The number of hydrogen-bond acceptors (Lipinski definition) is 5. The van der Waals surface area contributed by atoms with Crippen LogP contribution in [0.4, 0.5) is 5.69 Å². The molecule has 0 fully saturated rings. The van der Waals surface area contributed by atoms with E-state index in [0.29, 0.717) is 11.3 Å². The summed E-state index contributed by atoms with van der Waals surface area (Å²) in [6, 6.07) is 10.6. The third-order valence-electron chi connectivity index (χ3n) is 3.63. The van der Waals surface area contributed by atoms with Crippen molar-refractivity contribution in [1.29, 1.82) is 0 Å². The normalized spacial score (nSPS) is 13.0. The Morgan fingerprint density at radius 2 is 1.62 bits per heavy atom. The molecule has 0 N–H and O–H groups in total. The Bertz CT molecular complexity index is 900. The van der Waals surface area contributed by atoms with Crippen LogP contribution in [0.25, 0.3) is 0 Å². The first-order valence-corrected chi connectivity index (χ1v) is 7.20. The fourth-order valence-electron chi connectivity index (χ4n) is 2.55. The maximum atomic E-state index is 12.6. The fourth-order valence-corrected chi connectivity index (χ4v) is 2.55. The monoisotopic (exact) mass is 323 g/mol. The molecule has 0 aliphatic carbocycles. The lowest BCUT2D eigenvalue weighted by Gasteiger charge is -2.14. The number of benzene rings is 2. The van der Waals surface area contributed by atoms with E-state index in [1.54, 1.807) is 18.2 Å². The van der Waals surface area contributed by atoms with Gasteiger partial charge in [0.2, 0.25) is 0 Å². The number of amides is 2. The Balaban J connectivity index is 2.02. The molecular weight excluding hydrogens is 310 g/mol. The molecule has 6 nitrogen and oxygen atoms in total. The topological polar surface area (TPSA) is 80.8 Å². The van der Waals surface area contributed by atoms with E-state index < -0.39 is 17.8 Å². The molecule has 0 radical (unpaired) electrons. The summed E-state index contributed by atoms with van der Waals surface area (Å²) in [7, 11) is 0. The Morgan fingerprint density at radius 1 is 0.917 bits per heavy atom. The van der Waals surface area contributed by atoms with Crippen LogP contribution in [-0.4, -0.2) is 23.6 Å². The van der Waals surface area contributed by atoms with Crippen LogP contribution >= 0.6 is 0 Å². The van der Waals surface area contributed by atoms with E-state index in [0.717, 1.165) is 4.90 Å². The predicted octanol–water partition coefficient (Wildman–Crippen LogP) is 2.62. The van der Waals surface area contributed by atoms with Gasteiger partial charge in [-0.25, -0.2) is 4.90 Å². The van der Waals surface area contributed by atoms with Crippen LogP contribution in [0.2, 0.25) is 0 Å². The first-order valence-electron chi connectivity index (χ1n) is 7.20. The van der Waals surface area contributed by atoms with Crippen LogP contribution in [0.5, 0.6) is 5.75 Å². The number of carbonyl (C=O) groups is 4. The number of rotatable bonds is 3. The zero-order valence-electron chi connectivity index (χ0n) is 13.0. The van der Waals surface area contributed by atoms with Crippen molar-refractivity contribution in [3.63, 3.8) is 0 Å². The average Bonchev–Trinajstić information content (AvgIpc) is 2.78. The Hall–Kier alpha value is -3.28. The molecule has 0 unspecified atom stereocenters. The van der Waals surface area contributed by atoms with Crippen molar-refractivity contribution in [1.82, 2.24) is 0 Å². The van der Waals surface area contributed by atoms with Crippen LogP contribution < -0.4 is 9.64 Å². The molecule has 2 aromatic carbocycles. The highest BCUT2D eigenvalue weighted by Gasteiger charge is 2.37. The summed E-state index contributed by atoms with van der Waals surface area (Å²) < 4.78 is 4.98. The van der Waals surface area contributed by atoms with E-state index in [2.05, 4.69) is 0 Å². The van der Waals surface area contributed by atoms with Gasteiger partial charge >= 0.3 is 5.97 Å². The van der Waals surface area contributed by atoms with Crippen molar-refractivity contribution in [2.45, 2.75) is 13.8 Å². The minimum absolute atomic E-state index is 0.186. The van der Waals surface area contributed by atoms with Crippen LogP contribution in [0.15, 0.2) is 42.5 Å². The van der Waals surface area contributed by atoms with Crippen LogP contribution in [0.1, 0.15) is 44.9 Å². The van der Waals surface area contributed by atoms with Gasteiger partial charge in [-0.15, -0.1) is 0 Å². The third-order valence-corrected chi connectivity index (χ3v) is 3.63. The number of fused-ring (bicyclic) bond motifs is 1. The Morgan fingerprint density at radius 3 is 2.29 bits per heavy atom. The zero-order chi connectivity index (χ0) is 17.4. The van der Waals surface area contributed by atoms with Gasteiger partial charge in [0.15, 0.2) is 5.78 Å². The number of ether oxygens (including phenoxy) is 1. The third kappa shape index (κ3) is 2.58. The lowest BCUT2D eigenvalue weighted by molar-refractivity contribution is -0.131. The van der Waals surface area contributed by atoms with Crippen molar-refractivity contribution < 1.29 is 23.9 Å². The first kappa shape index (κ1) is 15.6. The van der Waals surface area contributed by atoms with Crippen molar-refractivity contribution in [2.24, 2.45) is 0 Å². The van der Waals surface area contributed by atoms with E-state index in [4.69, 9.17) is 4.74 Å². The maximum Gasteiger partial charge on any atom is 0.308 e. The zero-order valence-corrected chi connectivity index (χ0v) is 13.0. The number of carbonyl (C=O) groups excluding carboxylic acids is 4. The van der Waals surface area contributed by atoms with E-state index in [1.165, 1.54) is 38.1 Å². The van der Waals surface area contributed by atoms with Crippen LogP contribution in [0.3, 0.4) is 0 Å². The molecule has 1 aliphatic heterocycles. The Kier molecular flexibility index (Phi) is 3.73. The van der Waals surface area contributed by atoms with Crippen molar-refractivity contribution >= 4 is 29.3 Å². The molecule has 6 heteroatoms. The predicted molar refractivity (Wildman–Crippen MR) is 85.3 cm³/mol. The van der Waals surface area contributed by atoms with Crippen molar-refractivity contribution in [3.8, 4) is 5.75 Å². The van der Waals surface area contributed by atoms with E-state index in [-0.39, 0.29) is 22.7 Å². The molecule has 1 heterocycles. The van der Waals surface area contributed by atoms with Crippen molar-refractivity contribution in [3.05, 3.63) is 59.2 Å². The maximum absolute atomic E-state index is 12.6. The van der Waals surface area contributed by atoms with Gasteiger partial charge in [0.1, 0.15) is 5.75 Å². The molecule has 3 rings (SSSR count). The molecule has 0 saturated heterocycles. The smallest absolute Gasteiger partial charge is 0.308 e. The van der Waals surface area contributed by atoms with Gasteiger partial charge in [0, 0.05) is 18.6 Å². The Labute approximate surface area is 137 Å². The summed E-state index contributed by atoms with van der Waals surface area (Å²) >= 11 is 0. The van der Waals surface area contributed by atoms with Gasteiger partial charge in [-0.1, -0.05) is 12.1 Å². The molecule has 0 bridgehead atoms. The number of anilines is 1. The molecule has 0 spiro atoms. The van der Waals surface area contributed by atoms with Crippen LogP contribution in [0, 0.1) is 0 Å². The number of ketones is 1. The molecule has 2 aromatic rings. The summed E-state index contributed by atoms with van der Waals surface area (Å²) in [6.07, 6.45) is 0. The van der Waals surface area contributed by atoms with Gasteiger partial charge in [-0.2, -0.15) is 0 Å². The van der Waals surface area contributed by atoms with Gasteiger partial charge in [0.25, 0.3) is 11.8 Å². The number of esters is 1. The fraction of sp³-hybridized carbons (Fsp3) is 0.111. The number of hydrogen-bond donors (Lipinski definition) is 0. The summed E-state index contributed by atoms with van der Waals surface area (Å²) in [5.41, 5.74) is 1.09. The highest BCUT2D eigenvalue weighted by molar-refractivity contribution is 6.34. The molecule has 2 amide bonds. The minimum Gasteiger partial charge on any atom is -0.427 e. The minimum atomic E-state index is -0.516. The lowest BCUT2D eigenvalue weighted by atomic mass is 10.0. The number of imide groups is 1. The quantitative estimate of drug-likeness (QED) is 0.375. The molecule has 0 aromatic heterocycles. The first-order chi connectivity index (χ1) is 11.4. The molecule has 24 heavy (non-hydrogen) atoms. The standard InChI is InChI=1S/C18H13NO5/c1-10(20)12-6-7-15-16(8-12)18(23)19(17(15)22)13-4-3-5-14(9-13)24-11(2)21/h3-9H,1-2H3. The SMILES string of the molecule is CC(=O)Oc1cccc(N2C(=O)c3ccc(C(C)=O)cc3C2=O)c1. The van der Waals surface area contributed by atoms with Crippen molar-refractivity contribution in [2.75, 3.05) is 4.90 Å². The van der Waals surface area contributed by atoms with E-state index in [1.807, 2.05) is 0 Å². The highest BCUT2D eigenvalue weighted by Crippen LogP contribution is 2.31. The second kappa shape index (κ2) is 5.73. The van der Waals surface area contributed by atoms with Gasteiger partial charge < -0.3 is 4.74 Å². The molecular formula is C18H13NO5. The van der Waals surface area contributed by atoms with E-state index >= 15 is 0 Å². The molecule has 0 saturated carbocycles. The summed E-state index contributed by atoms with van der Waals surface area (Å²) in [6.45, 7) is 2.65.